The van der Waals surface area contributed by atoms with Crippen molar-refractivity contribution in [2.45, 2.75) is 32.8 Å². The van der Waals surface area contributed by atoms with E-state index in [4.69, 9.17) is 10.8 Å². The highest BCUT2D eigenvalue weighted by Crippen LogP contribution is 2.06. The Morgan fingerprint density at radius 2 is 2.14 bits per heavy atom. The van der Waals surface area contributed by atoms with Gasteiger partial charge in [0.25, 0.3) is 0 Å². The van der Waals surface area contributed by atoms with Crippen LogP contribution >= 0.6 is 0 Å². The van der Waals surface area contributed by atoms with Crippen molar-refractivity contribution in [2.24, 2.45) is 10.7 Å². The maximum absolute atomic E-state index is 9.54. The van der Waals surface area contributed by atoms with E-state index < -0.39 is 5.60 Å². The third kappa shape index (κ3) is 4.67. The monoisotopic (exact) mass is 198 g/mol. The third-order valence-corrected chi connectivity index (χ3v) is 1.84. The van der Waals surface area contributed by atoms with Crippen LogP contribution in [0.5, 0.6) is 0 Å². The van der Waals surface area contributed by atoms with Crippen LogP contribution in [0.1, 0.15) is 27.2 Å². The van der Waals surface area contributed by atoms with Crippen LogP contribution < -0.4 is 5.73 Å². The fraction of sp³-hybridized carbons (Fsp3) is 0.500. The van der Waals surface area contributed by atoms with E-state index in [0.29, 0.717) is 5.82 Å². The van der Waals surface area contributed by atoms with Crippen molar-refractivity contribution >= 4 is 6.21 Å². The third-order valence-electron chi connectivity index (χ3n) is 1.84. The highest BCUT2D eigenvalue weighted by atomic mass is 16.3. The smallest absolute Gasteiger partial charge is 0.121 e. The Kier molecular flexibility index (Phi) is 4.94. The summed E-state index contributed by atoms with van der Waals surface area (Å²) in [5.41, 5.74) is 5.31. The summed E-state index contributed by atoms with van der Waals surface area (Å²) >= 11 is 0. The van der Waals surface area contributed by atoms with Gasteiger partial charge in [-0.25, -0.2) is 4.99 Å². The summed E-state index contributed by atoms with van der Waals surface area (Å²) in [6, 6.07) is 0. The number of allylic oxidation sites excluding steroid dienone is 1. The van der Waals surface area contributed by atoms with Gasteiger partial charge in [-0.2, -0.15) is 0 Å². The van der Waals surface area contributed by atoms with Crippen LogP contribution in [0, 0.1) is 0 Å². The first-order chi connectivity index (χ1) is 6.43. The number of hydrogen-bond donors (Lipinski definition) is 3. The summed E-state index contributed by atoms with van der Waals surface area (Å²) in [7, 11) is 0. The van der Waals surface area contributed by atoms with Gasteiger partial charge in [0.2, 0.25) is 0 Å². The Bertz CT molecular complexity index is 265. The molecule has 0 aromatic carbocycles. The first-order valence-corrected chi connectivity index (χ1v) is 4.47. The van der Waals surface area contributed by atoms with Gasteiger partial charge in [0.15, 0.2) is 0 Å². The fourth-order valence-electron chi connectivity index (χ4n) is 0.685. The molecule has 0 aliphatic heterocycles. The molecule has 4 N–H and O–H groups in total. The van der Waals surface area contributed by atoms with Crippen LogP contribution in [0.15, 0.2) is 28.7 Å². The molecule has 0 spiro atoms. The van der Waals surface area contributed by atoms with Crippen LogP contribution in [-0.4, -0.2) is 22.0 Å². The molecule has 0 aliphatic rings. The van der Waals surface area contributed by atoms with Crippen LogP contribution in [0.2, 0.25) is 0 Å². The second-order valence-electron chi connectivity index (χ2n) is 3.32. The van der Waals surface area contributed by atoms with E-state index in [0.717, 1.165) is 18.3 Å². The lowest BCUT2D eigenvalue weighted by molar-refractivity contribution is 0.186. The number of aliphatic imine (C=N–C) groups is 1. The van der Waals surface area contributed by atoms with Crippen molar-refractivity contribution in [1.82, 2.24) is 0 Å². The second kappa shape index (κ2) is 5.44. The SMILES string of the molecule is CC/C(C)=C(/N)N=CC(C)(O)/C=C/O. The predicted molar refractivity (Wildman–Crippen MR) is 58.1 cm³/mol. The molecule has 0 saturated carbocycles. The van der Waals surface area contributed by atoms with Crippen LogP contribution in [0.3, 0.4) is 0 Å². The van der Waals surface area contributed by atoms with Crippen LogP contribution in [0.4, 0.5) is 0 Å². The quantitative estimate of drug-likeness (QED) is 0.473. The van der Waals surface area contributed by atoms with E-state index in [2.05, 4.69) is 4.99 Å². The Hall–Kier alpha value is -1.29. The van der Waals surface area contributed by atoms with Gasteiger partial charge in [0.1, 0.15) is 11.4 Å². The molecule has 0 radical (unpaired) electrons. The van der Waals surface area contributed by atoms with Crippen molar-refractivity contribution in [3.8, 4) is 0 Å². The molecule has 1 atom stereocenters. The molecule has 0 aromatic heterocycles. The van der Waals surface area contributed by atoms with Crippen molar-refractivity contribution < 1.29 is 10.2 Å². The average molecular weight is 198 g/mol. The van der Waals surface area contributed by atoms with Crippen molar-refractivity contribution in [1.29, 1.82) is 0 Å². The Morgan fingerprint density at radius 1 is 1.57 bits per heavy atom. The molecular formula is C10H18N2O2. The maximum Gasteiger partial charge on any atom is 0.121 e. The number of rotatable bonds is 4. The number of nitrogens with two attached hydrogens (primary N) is 1. The molecule has 1 unspecified atom stereocenters. The summed E-state index contributed by atoms with van der Waals surface area (Å²) in [4.78, 5) is 3.91. The lowest BCUT2D eigenvalue weighted by Crippen LogP contribution is -2.23. The number of aliphatic hydroxyl groups is 2. The summed E-state index contributed by atoms with van der Waals surface area (Å²) in [6.07, 6.45) is 4.10. The van der Waals surface area contributed by atoms with E-state index in [-0.39, 0.29) is 0 Å². The minimum absolute atomic E-state index is 0.402. The molecule has 0 saturated heterocycles. The van der Waals surface area contributed by atoms with Gasteiger partial charge in [-0.1, -0.05) is 6.92 Å². The molecule has 0 aliphatic carbocycles. The van der Waals surface area contributed by atoms with Gasteiger partial charge in [-0.15, -0.1) is 0 Å². The Morgan fingerprint density at radius 3 is 2.57 bits per heavy atom. The first-order valence-electron chi connectivity index (χ1n) is 4.47. The lowest BCUT2D eigenvalue weighted by atomic mass is 10.1. The summed E-state index contributed by atoms with van der Waals surface area (Å²) in [5.74, 6) is 0.402. The van der Waals surface area contributed by atoms with Crippen LogP contribution in [0.25, 0.3) is 0 Å². The number of hydrogen-bond acceptors (Lipinski definition) is 4. The van der Waals surface area contributed by atoms with E-state index in [1.54, 1.807) is 0 Å². The predicted octanol–water partition coefficient (Wildman–Crippen LogP) is 1.48. The number of aliphatic hydroxyl groups excluding tert-OH is 1. The van der Waals surface area contributed by atoms with Gasteiger partial charge in [0, 0.05) is 6.21 Å². The van der Waals surface area contributed by atoms with Gasteiger partial charge in [-0.3, -0.25) is 0 Å². The van der Waals surface area contributed by atoms with E-state index in [1.165, 1.54) is 19.2 Å². The van der Waals surface area contributed by atoms with Gasteiger partial charge < -0.3 is 15.9 Å². The summed E-state index contributed by atoms with van der Waals surface area (Å²) < 4.78 is 0. The zero-order valence-corrected chi connectivity index (χ0v) is 8.86. The molecule has 0 rings (SSSR count). The standard InChI is InChI=1S/C10H18N2O2/c1-4-8(2)9(11)12-7-10(3,14)5-6-13/h5-7,13-14H,4,11H2,1-3H3/b6-5+,9-8-,12-7?. The summed E-state index contributed by atoms with van der Waals surface area (Å²) in [6.45, 7) is 5.35. The Balaban J connectivity index is 4.60. The van der Waals surface area contributed by atoms with E-state index >= 15 is 0 Å². The molecule has 0 fully saturated rings. The second-order valence-corrected chi connectivity index (χ2v) is 3.32. The van der Waals surface area contributed by atoms with Gasteiger partial charge in [-0.05, 0) is 31.9 Å². The average Bonchev–Trinajstić information content (AvgIpc) is 2.13. The van der Waals surface area contributed by atoms with Crippen molar-refractivity contribution in [2.75, 3.05) is 0 Å². The molecule has 0 bridgehead atoms. The highest BCUT2D eigenvalue weighted by molar-refractivity contribution is 5.71. The largest absolute Gasteiger partial charge is 0.516 e. The van der Waals surface area contributed by atoms with Crippen molar-refractivity contribution in [3.63, 3.8) is 0 Å². The first kappa shape index (κ1) is 12.7. The van der Waals surface area contributed by atoms with Crippen molar-refractivity contribution in [3.05, 3.63) is 23.7 Å². The van der Waals surface area contributed by atoms with Gasteiger partial charge >= 0.3 is 0 Å². The zero-order valence-electron chi connectivity index (χ0n) is 8.86. The molecule has 4 nitrogen and oxygen atoms in total. The molecule has 0 amide bonds. The maximum atomic E-state index is 9.54. The summed E-state index contributed by atoms with van der Waals surface area (Å²) in [5, 5.41) is 18.0. The highest BCUT2D eigenvalue weighted by Gasteiger charge is 2.12. The fourth-order valence-corrected chi connectivity index (χ4v) is 0.685. The topological polar surface area (TPSA) is 78.8 Å². The molecule has 0 aromatic rings. The van der Waals surface area contributed by atoms with E-state index in [9.17, 15) is 5.11 Å². The molecule has 14 heavy (non-hydrogen) atoms. The number of nitrogens with zero attached hydrogens (tertiary/aromatic N) is 1. The molecule has 80 valence electrons. The molecular weight excluding hydrogens is 180 g/mol. The zero-order chi connectivity index (χ0) is 11.2. The minimum Gasteiger partial charge on any atom is -0.516 e. The minimum atomic E-state index is -1.27. The molecule has 4 heteroatoms. The van der Waals surface area contributed by atoms with Crippen LogP contribution in [-0.2, 0) is 0 Å². The normalized spacial score (nSPS) is 18.6. The molecule has 0 heterocycles. The van der Waals surface area contributed by atoms with E-state index in [1.807, 2.05) is 13.8 Å². The Labute approximate surface area is 84.5 Å². The van der Waals surface area contributed by atoms with Gasteiger partial charge in [0.05, 0.1) is 6.26 Å². The lowest BCUT2D eigenvalue weighted by Gasteiger charge is -2.11.